The first-order chi connectivity index (χ1) is 8.38. The van der Waals surface area contributed by atoms with Crippen LogP contribution in [0.1, 0.15) is 24.8 Å². The molecule has 1 aromatic carbocycles. The Morgan fingerprint density at radius 2 is 2.00 bits per heavy atom. The van der Waals surface area contributed by atoms with Crippen LogP contribution in [-0.2, 0) is 10.0 Å². The Bertz CT molecular complexity index is 488. The third kappa shape index (κ3) is 5.97. The number of ether oxygens (including phenoxy) is 1. The van der Waals surface area contributed by atoms with Crippen molar-refractivity contribution in [3.05, 3.63) is 29.6 Å². The number of sulfonamides is 1. The number of unbranched alkanes of at least 4 members (excludes halogenated alkanes) is 2. The lowest BCUT2D eigenvalue weighted by Crippen LogP contribution is -2.16. The summed E-state index contributed by atoms with van der Waals surface area (Å²) in [6.45, 7) is 2.16. The van der Waals surface area contributed by atoms with Crippen LogP contribution in [0.2, 0.25) is 0 Å². The number of aryl methyl sites for hydroxylation is 1. The molecule has 0 saturated carbocycles. The van der Waals surface area contributed by atoms with Crippen molar-refractivity contribution in [2.75, 3.05) is 12.4 Å². The first-order valence-electron chi connectivity index (χ1n) is 5.78. The monoisotopic (exact) mass is 275 g/mol. The highest BCUT2D eigenvalue weighted by Gasteiger charge is 2.02. The summed E-state index contributed by atoms with van der Waals surface area (Å²) in [5.74, 6) is 0.374. The zero-order valence-corrected chi connectivity index (χ0v) is 11.2. The summed E-state index contributed by atoms with van der Waals surface area (Å²) in [5, 5.41) is 4.88. The second kappa shape index (κ2) is 6.70. The van der Waals surface area contributed by atoms with Gasteiger partial charge in [0.05, 0.1) is 12.4 Å². The molecule has 0 aliphatic carbocycles. The van der Waals surface area contributed by atoms with E-state index in [1.54, 1.807) is 19.1 Å². The SMILES string of the molecule is Cc1cc(OCCCCCS(N)(=O)=O)ccc1F. The molecule has 0 fully saturated rings. The topological polar surface area (TPSA) is 69.4 Å². The Morgan fingerprint density at radius 3 is 2.61 bits per heavy atom. The summed E-state index contributed by atoms with van der Waals surface area (Å²) in [6.07, 6.45) is 2.01. The average molecular weight is 275 g/mol. The molecule has 0 radical (unpaired) electrons. The lowest BCUT2D eigenvalue weighted by atomic mass is 10.2. The van der Waals surface area contributed by atoms with E-state index in [0.29, 0.717) is 24.3 Å². The molecular formula is C12H18FNO3S. The van der Waals surface area contributed by atoms with E-state index < -0.39 is 10.0 Å². The third-order valence-electron chi connectivity index (χ3n) is 2.47. The Morgan fingerprint density at radius 1 is 1.28 bits per heavy atom. The predicted octanol–water partition coefficient (Wildman–Crippen LogP) is 1.97. The van der Waals surface area contributed by atoms with Gasteiger partial charge in [-0.1, -0.05) is 0 Å². The lowest BCUT2D eigenvalue weighted by molar-refractivity contribution is 0.305. The standard InChI is InChI=1S/C12H18FNO3S/c1-10-9-11(5-6-12(10)13)17-7-3-2-4-8-18(14,15)16/h5-6,9H,2-4,7-8H2,1H3,(H2,14,15,16). The van der Waals surface area contributed by atoms with Gasteiger partial charge >= 0.3 is 0 Å². The minimum Gasteiger partial charge on any atom is -0.494 e. The molecule has 0 unspecified atom stereocenters. The van der Waals surface area contributed by atoms with Crippen LogP contribution < -0.4 is 9.88 Å². The maximum absolute atomic E-state index is 13.0. The maximum Gasteiger partial charge on any atom is 0.209 e. The van der Waals surface area contributed by atoms with Crippen molar-refractivity contribution < 1.29 is 17.5 Å². The van der Waals surface area contributed by atoms with Crippen LogP contribution in [0, 0.1) is 12.7 Å². The van der Waals surface area contributed by atoms with Gasteiger partial charge in [-0.2, -0.15) is 0 Å². The summed E-state index contributed by atoms with van der Waals surface area (Å²) >= 11 is 0. The largest absolute Gasteiger partial charge is 0.494 e. The quantitative estimate of drug-likeness (QED) is 0.773. The van der Waals surface area contributed by atoms with E-state index in [4.69, 9.17) is 9.88 Å². The van der Waals surface area contributed by atoms with Gasteiger partial charge < -0.3 is 4.74 Å². The fourth-order valence-corrected chi connectivity index (χ4v) is 2.09. The van der Waals surface area contributed by atoms with Crippen LogP contribution in [0.5, 0.6) is 5.75 Å². The summed E-state index contributed by atoms with van der Waals surface area (Å²) in [4.78, 5) is 0. The molecule has 0 aromatic heterocycles. The Hall–Kier alpha value is -1.14. The minimum absolute atomic E-state index is 0.00264. The number of nitrogens with two attached hydrogens (primary N) is 1. The summed E-state index contributed by atoms with van der Waals surface area (Å²) in [6, 6.07) is 4.58. The second-order valence-corrected chi connectivity index (χ2v) is 5.92. The molecule has 0 aliphatic heterocycles. The van der Waals surface area contributed by atoms with Crippen LogP contribution in [0.3, 0.4) is 0 Å². The molecule has 6 heteroatoms. The van der Waals surface area contributed by atoms with Gasteiger partial charge in [-0.15, -0.1) is 0 Å². The van der Waals surface area contributed by atoms with Gasteiger partial charge in [-0.3, -0.25) is 0 Å². The maximum atomic E-state index is 13.0. The highest BCUT2D eigenvalue weighted by Crippen LogP contribution is 2.16. The second-order valence-electron chi connectivity index (χ2n) is 4.19. The fraction of sp³-hybridized carbons (Fsp3) is 0.500. The number of benzene rings is 1. The molecule has 0 amide bonds. The first-order valence-corrected chi connectivity index (χ1v) is 7.49. The molecule has 0 spiro atoms. The van der Waals surface area contributed by atoms with Crippen molar-refractivity contribution in [1.82, 2.24) is 0 Å². The normalized spacial score (nSPS) is 11.5. The zero-order chi connectivity index (χ0) is 13.6. The van der Waals surface area contributed by atoms with E-state index in [1.165, 1.54) is 6.07 Å². The molecule has 2 N–H and O–H groups in total. The molecule has 0 saturated heterocycles. The van der Waals surface area contributed by atoms with E-state index in [9.17, 15) is 12.8 Å². The van der Waals surface area contributed by atoms with E-state index in [-0.39, 0.29) is 11.6 Å². The molecule has 1 rings (SSSR count). The number of hydrogen-bond acceptors (Lipinski definition) is 3. The Labute approximate surface area is 107 Å². The highest BCUT2D eigenvalue weighted by atomic mass is 32.2. The van der Waals surface area contributed by atoms with Crippen LogP contribution >= 0.6 is 0 Å². The van der Waals surface area contributed by atoms with Crippen molar-refractivity contribution in [3.8, 4) is 5.75 Å². The predicted molar refractivity (Wildman–Crippen MR) is 68.5 cm³/mol. The van der Waals surface area contributed by atoms with E-state index in [0.717, 1.165) is 12.8 Å². The Balaban J connectivity index is 2.20. The van der Waals surface area contributed by atoms with Crippen molar-refractivity contribution in [1.29, 1.82) is 0 Å². The number of hydrogen-bond donors (Lipinski definition) is 1. The van der Waals surface area contributed by atoms with Gasteiger partial charge in [0.15, 0.2) is 0 Å². The number of rotatable bonds is 7. The third-order valence-corrected chi connectivity index (χ3v) is 3.33. The first kappa shape index (κ1) is 14.9. The Kier molecular flexibility index (Phi) is 5.55. The van der Waals surface area contributed by atoms with E-state index in [1.807, 2.05) is 0 Å². The molecule has 0 atom stereocenters. The van der Waals surface area contributed by atoms with Crippen molar-refractivity contribution in [2.24, 2.45) is 5.14 Å². The molecular weight excluding hydrogens is 257 g/mol. The molecule has 102 valence electrons. The minimum atomic E-state index is -3.36. The molecule has 0 bridgehead atoms. The van der Waals surface area contributed by atoms with Gasteiger partial charge in [-0.25, -0.2) is 17.9 Å². The van der Waals surface area contributed by atoms with Crippen LogP contribution in [0.15, 0.2) is 18.2 Å². The molecule has 1 aromatic rings. The van der Waals surface area contributed by atoms with Crippen molar-refractivity contribution in [2.45, 2.75) is 26.2 Å². The highest BCUT2D eigenvalue weighted by molar-refractivity contribution is 7.89. The van der Waals surface area contributed by atoms with Gasteiger partial charge in [0, 0.05) is 0 Å². The molecule has 4 nitrogen and oxygen atoms in total. The van der Waals surface area contributed by atoms with Crippen LogP contribution in [0.4, 0.5) is 4.39 Å². The van der Waals surface area contributed by atoms with Crippen molar-refractivity contribution in [3.63, 3.8) is 0 Å². The van der Waals surface area contributed by atoms with E-state index in [2.05, 4.69) is 0 Å². The van der Waals surface area contributed by atoms with E-state index >= 15 is 0 Å². The van der Waals surface area contributed by atoms with Crippen LogP contribution in [-0.4, -0.2) is 20.8 Å². The average Bonchev–Trinajstić information content (AvgIpc) is 2.26. The van der Waals surface area contributed by atoms with Gasteiger partial charge in [0.1, 0.15) is 11.6 Å². The van der Waals surface area contributed by atoms with Gasteiger partial charge in [0.2, 0.25) is 10.0 Å². The number of halogens is 1. The van der Waals surface area contributed by atoms with Gasteiger partial charge in [0.25, 0.3) is 0 Å². The summed E-state index contributed by atoms with van der Waals surface area (Å²) in [5.41, 5.74) is 0.543. The smallest absolute Gasteiger partial charge is 0.209 e. The summed E-state index contributed by atoms with van der Waals surface area (Å²) < 4.78 is 39.7. The van der Waals surface area contributed by atoms with Gasteiger partial charge in [-0.05, 0) is 49.9 Å². The lowest BCUT2D eigenvalue weighted by Gasteiger charge is -2.07. The zero-order valence-electron chi connectivity index (χ0n) is 10.4. The molecule has 18 heavy (non-hydrogen) atoms. The molecule has 0 heterocycles. The number of primary sulfonamides is 1. The summed E-state index contributed by atoms with van der Waals surface area (Å²) in [7, 11) is -3.36. The van der Waals surface area contributed by atoms with Crippen molar-refractivity contribution >= 4 is 10.0 Å². The fourth-order valence-electron chi connectivity index (χ4n) is 1.48. The van der Waals surface area contributed by atoms with Crippen LogP contribution in [0.25, 0.3) is 0 Å². The molecule has 0 aliphatic rings.